The van der Waals surface area contributed by atoms with E-state index in [0.717, 1.165) is 38.8 Å². The van der Waals surface area contributed by atoms with Gasteiger partial charge >= 0.3 is 0 Å². The lowest BCUT2D eigenvalue weighted by Crippen LogP contribution is -2.42. The number of likely N-dealkylation sites (tertiary alicyclic amines) is 2. The van der Waals surface area contributed by atoms with Crippen LogP contribution in [0.2, 0.25) is 0 Å². The Bertz CT molecular complexity index is 454. The molecule has 22 heavy (non-hydrogen) atoms. The van der Waals surface area contributed by atoms with E-state index in [1.807, 2.05) is 4.90 Å². The average molecular weight is 307 g/mol. The number of nitrogens with one attached hydrogen (secondary N) is 1. The smallest absolute Gasteiger partial charge is 0.241 e. The molecule has 3 aliphatic rings. The van der Waals surface area contributed by atoms with Crippen LogP contribution in [0.3, 0.4) is 0 Å². The molecule has 2 heterocycles. The molecular formula is C16H25N3O3. The second-order valence-corrected chi connectivity index (χ2v) is 6.69. The first-order valence-corrected chi connectivity index (χ1v) is 8.50. The molecular weight excluding hydrogens is 282 g/mol. The van der Waals surface area contributed by atoms with Gasteiger partial charge in [0.1, 0.15) is 0 Å². The summed E-state index contributed by atoms with van der Waals surface area (Å²) in [6.45, 7) is 2.18. The third-order valence-corrected chi connectivity index (χ3v) is 5.17. The van der Waals surface area contributed by atoms with Crippen molar-refractivity contribution in [2.24, 2.45) is 5.92 Å². The Labute approximate surface area is 131 Å². The second-order valence-electron chi connectivity index (χ2n) is 6.69. The zero-order chi connectivity index (χ0) is 15.5. The van der Waals surface area contributed by atoms with Gasteiger partial charge in [-0.1, -0.05) is 12.8 Å². The summed E-state index contributed by atoms with van der Waals surface area (Å²) >= 11 is 0. The Hall–Kier alpha value is -1.59. The normalized spacial score (nSPS) is 26.0. The van der Waals surface area contributed by atoms with Gasteiger partial charge in [-0.2, -0.15) is 0 Å². The van der Waals surface area contributed by atoms with Gasteiger partial charge < -0.3 is 15.1 Å². The van der Waals surface area contributed by atoms with Gasteiger partial charge in [0.2, 0.25) is 17.7 Å². The van der Waals surface area contributed by atoms with Crippen molar-refractivity contribution in [1.29, 1.82) is 0 Å². The molecule has 3 fully saturated rings. The van der Waals surface area contributed by atoms with Crippen LogP contribution in [-0.2, 0) is 14.4 Å². The highest BCUT2D eigenvalue weighted by Crippen LogP contribution is 2.29. The van der Waals surface area contributed by atoms with Crippen LogP contribution in [0.1, 0.15) is 44.9 Å². The van der Waals surface area contributed by atoms with Gasteiger partial charge in [0.15, 0.2) is 0 Å². The van der Waals surface area contributed by atoms with E-state index in [0.29, 0.717) is 19.0 Å². The third kappa shape index (κ3) is 3.25. The van der Waals surface area contributed by atoms with Crippen molar-refractivity contribution < 1.29 is 14.4 Å². The molecule has 3 amide bonds. The molecule has 122 valence electrons. The minimum atomic E-state index is -0.292. The quantitative estimate of drug-likeness (QED) is 0.823. The molecule has 3 rings (SSSR count). The molecule has 1 aliphatic carbocycles. The SMILES string of the molecule is O=C(NCC(=O)N1CCCC1)C1CC(=O)N(C2CCCC2)C1. The van der Waals surface area contributed by atoms with Crippen molar-refractivity contribution >= 4 is 17.7 Å². The minimum Gasteiger partial charge on any atom is -0.347 e. The van der Waals surface area contributed by atoms with E-state index in [4.69, 9.17) is 0 Å². The number of amides is 3. The first-order valence-electron chi connectivity index (χ1n) is 8.50. The fourth-order valence-electron chi connectivity index (χ4n) is 3.86. The van der Waals surface area contributed by atoms with Crippen LogP contribution in [0.25, 0.3) is 0 Å². The van der Waals surface area contributed by atoms with Crippen molar-refractivity contribution in [3.05, 3.63) is 0 Å². The van der Waals surface area contributed by atoms with Crippen LogP contribution < -0.4 is 5.32 Å². The van der Waals surface area contributed by atoms with Crippen molar-refractivity contribution in [1.82, 2.24) is 15.1 Å². The summed E-state index contributed by atoms with van der Waals surface area (Å²) in [6.07, 6.45) is 6.87. The molecule has 0 aromatic rings. The van der Waals surface area contributed by atoms with Crippen molar-refractivity contribution in [2.75, 3.05) is 26.2 Å². The minimum absolute atomic E-state index is 0.0113. The van der Waals surface area contributed by atoms with Gasteiger partial charge in [-0.3, -0.25) is 14.4 Å². The Morgan fingerprint density at radius 2 is 1.77 bits per heavy atom. The molecule has 2 saturated heterocycles. The number of carbonyl (C=O) groups excluding carboxylic acids is 3. The number of carbonyl (C=O) groups is 3. The predicted molar refractivity (Wildman–Crippen MR) is 80.9 cm³/mol. The first kappa shape index (κ1) is 15.3. The lowest BCUT2D eigenvalue weighted by atomic mass is 10.1. The Morgan fingerprint density at radius 3 is 2.45 bits per heavy atom. The van der Waals surface area contributed by atoms with Crippen LogP contribution in [0, 0.1) is 5.92 Å². The van der Waals surface area contributed by atoms with Crippen LogP contribution in [0.5, 0.6) is 0 Å². The topological polar surface area (TPSA) is 69.7 Å². The molecule has 1 saturated carbocycles. The fraction of sp³-hybridized carbons (Fsp3) is 0.812. The monoisotopic (exact) mass is 307 g/mol. The van der Waals surface area contributed by atoms with Gasteiger partial charge in [0.25, 0.3) is 0 Å². The van der Waals surface area contributed by atoms with Crippen LogP contribution in [0.4, 0.5) is 0 Å². The first-order chi connectivity index (χ1) is 10.6. The molecule has 1 N–H and O–H groups in total. The molecule has 2 aliphatic heterocycles. The number of nitrogens with zero attached hydrogens (tertiary/aromatic N) is 2. The van der Waals surface area contributed by atoms with Crippen molar-refractivity contribution in [3.8, 4) is 0 Å². The van der Waals surface area contributed by atoms with E-state index in [1.54, 1.807) is 4.90 Å². The van der Waals surface area contributed by atoms with Gasteiger partial charge in [0, 0.05) is 32.1 Å². The van der Waals surface area contributed by atoms with Crippen molar-refractivity contribution in [2.45, 2.75) is 51.0 Å². The maximum absolute atomic E-state index is 12.2. The van der Waals surface area contributed by atoms with Gasteiger partial charge in [-0.05, 0) is 25.7 Å². The zero-order valence-corrected chi connectivity index (χ0v) is 13.1. The summed E-state index contributed by atoms with van der Waals surface area (Å²) in [4.78, 5) is 39.9. The van der Waals surface area contributed by atoms with E-state index in [1.165, 1.54) is 12.8 Å². The molecule has 1 atom stereocenters. The highest BCUT2D eigenvalue weighted by Gasteiger charge is 2.38. The highest BCUT2D eigenvalue weighted by atomic mass is 16.2. The fourth-order valence-corrected chi connectivity index (χ4v) is 3.86. The average Bonchev–Trinajstić information content (AvgIpc) is 3.24. The largest absolute Gasteiger partial charge is 0.347 e. The Kier molecular flexibility index (Phi) is 4.64. The summed E-state index contributed by atoms with van der Waals surface area (Å²) in [5, 5.41) is 2.72. The van der Waals surface area contributed by atoms with Gasteiger partial charge in [-0.25, -0.2) is 0 Å². The molecule has 1 unspecified atom stereocenters. The molecule has 0 radical (unpaired) electrons. The van der Waals surface area contributed by atoms with E-state index in [-0.39, 0.29) is 30.2 Å². The maximum Gasteiger partial charge on any atom is 0.241 e. The number of hydrogen-bond acceptors (Lipinski definition) is 3. The summed E-state index contributed by atoms with van der Waals surface area (Å²) < 4.78 is 0. The standard InChI is InChI=1S/C16H25N3O3/c20-14-9-12(11-19(14)13-5-1-2-6-13)16(22)17-10-15(21)18-7-3-4-8-18/h12-13H,1-11H2,(H,17,22). The van der Waals surface area contributed by atoms with Crippen LogP contribution >= 0.6 is 0 Å². The summed E-state index contributed by atoms with van der Waals surface area (Å²) in [5.74, 6) is -0.360. The molecule has 0 aromatic heterocycles. The summed E-state index contributed by atoms with van der Waals surface area (Å²) in [5.41, 5.74) is 0. The summed E-state index contributed by atoms with van der Waals surface area (Å²) in [7, 11) is 0. The molecule has 0 bridgehead atoms. The molecule has 6 nitrogen and oxygen atoms in total. The molecule has 6 heteroatoms. The number of hydrogen-bond donors (Lipinski definition) is 1. The van der Waals surface area contributed by atoms with E-state index in [9.17, 15) is 14.4 Å². The summed E-state index contributed by atoms with van der Waals surface area (Å²) in [6, 6.07) is 0.330. The molecule has 0 spiro atoms. The molecule has 0 aromatic carbocycles. The number of rotatable bonds is 4. The maximum atomic E-state index is 12.2. The van der Waals surface area contributed by atoms with E-state index in [2.05, 4.69) is 5.32 Å². The Balaban J connectivity index is 1.46. The van der Waals surface area contributed by atoms with Crippen molar-refractivity contribution in [3.63, 3.8) is 0 Å². The highest BCUT2D eigenvalue weighted by molar-refractivity contribution is 5.91. The lowest BCUT2D eigenvalue weighted by molar-refractivity contribution is -0.133. The zero-order valence-electron chi connectivity index (χ0n) is 13.1. The van der Waals surface area contributed by atoms with Gasteiger partial charge in [0.05, 0.1) is 12.5 Å². The van der Waals surface area contributed by atoms with Crippen LogP contribution in [-0.4, -0.2) is 59.7 Å². The van der Waals surface area contributed by atoms with Gasteiger partial charge in [-0.15, -0.1) is 0 Å². The van der Waals surface area contributed by atoms with E-state index >= 15 is 0 Å². The second kappa shape index (κ2) is 6.67. The van der Waals surface area contributed by atoms with Crippen LogP contribution in [0.15, 0.2) is 0 Å². The third-order valence-electron chi connectivity index (χ3n) is 5.17. The Morgan fingerprint density at radius 1 is 1.09 bits per heavy atom. The predicted octanol–water partition coefficient (Wildman–Crippen LogP) is 0.516. The van der Waals surface area contributed by atoms with E-state index < -0.39 is 0 Å². The lowest BCUT2D eigenvalue weighted by Gasteiger charge is -2.24.